The van der Waals surface area contributed by atoms with Gasteiger partial charge in [-0.3, -0.25) is 19.3 Å². The van der Waals surface area contributed by atoms with Gasteiger partial charge in [-0.05, 0) is 32.6 Å². The second-order valence-corrected chi connectivity index (χ2v) is 7.51. The van der Waals surface area contributed by atoms with Crippen LogP contribution in [0.3, 0.4) is 0 Å². The first-order chi connectivity index (χ1) is 13.1. The standard InChI is InChI=1S/C19H31N3O5/c1-2-26-19(25)15-5-7-21(8-6-15)17(23)14-20-9-11-22(12-10-20)18(24)16-4-3-13-27-16/h15-16H,2-14H2,1H3. The molecular weight excluding hydrogens is 350 g/mol. The molecule has 2 amide bonds. The van der Waals surface area contributed by atoms with Gasteiger partial charge in [0.1, 0.15) is 6.10 Å². The number of carbonyl (C=O) groups excluding carboxylic acids is 3. The molecule has 8 heteroatoms. The summed E-state index contributed by atoms with van der Waals surface area (Å²) in [4.78, 5) is 42.6. The van der Waals surface area contributed by atoms with Crippen LogP contribution in [0.2, 0.25) is 0 Å². The lowest BCUT2D eigenvalue weighted by Gasteiger charge is -2.37. The van der Waals surface area contributed by atoms with E-state index in [4.69, 9.17) is 9.47 Å². The van der Waals surface area contributed by atoms with Gasteiger partial charge >= 0.3 is 5.97 Å². The summed E-state index contributed by atoms with van der Waals surface area (Å²) in [5, 5.41) is 0. The summed E-state index contributed by atoms with van der Waals surface area (Å²) in [7, 11) is 0. The maximum atomic E-state index is 12.6. The van der Waals surface area contributed by atoms with E-state index in [0.717, 1.165) is 12.8 Å². The number of hydrogen-bond donors (Lipinski definition) is 0. The minimum absolute atomic E-state index is 0.0821. The number of carbonyl (C=O) groups is 3. The van der Waals surface area contributed by atoms with E-state index in [1.807, 2.05) is 16.7 Å². The number of esters is 1. The smallest absolute Gasteiger partial charge is 0.309 e. The van der Waals surface area contributed by atoms with Gasteiger partial charge in [-0.15, -0.1) is 0 Å². The zero-order chi connectivity index (χ0) is 19.2. The van der Waals surface area contributed by atoms with Crippen LogP contribution < -0.4 is 0 Å². The zero-order valence-electron chi connectivity index (χ0n) is 16.2. The number of likely N-dealkylation sites (tertiary alicyclic amines) is 1. The Hall–Kier alpha value is -1.67. The number of ether oxygens (including phenoxy) is 2. The fraction of sp³-hybridized carbons (Fsp3) is 0.842. The van der Waals surface area contributed by atoms with Crippen molar-refractivity contribution in [2.45, 2.75) is 38.7 Å². The third-order valence-corrected chi connectivity index (χ3v) is 5.72. The van der Waals surface area contributed by atoms with E-state index in [0.29, 0.717) is 71.9 Å². The molecule has 8 nitrogen and oxygen atoms in total. The van der Waals surface area contributed by atoms with Gasteiger partial charge in [0.05, 0.1) is 19.1 Å². The van der Waals surface area contributed by atoms with Crippen LogP contribution in [-0.2, 0) is 23.9 Å². The van der Waals surface area contributed by atoms with Gasteiger partial charge in [-0.25, -0.2) is 0 Å². The second-order valence-electron chi connectivity index (χ2n) is 7.51. The van der Waals surface area contributed by atoms with Gasteiger partial charge in [0.15, 0.2) is 0 Å². The minimum atomic E-state index is -0.265. The first kappa shape index (κ1) is 20.1. The third kappa shape index (κ3) is 5.19. The molecule has 0 N–H and O–H groups in total. The van der Waals surface area contributed by atoms with Crippen molar-refractivity contribution in [2.75, 3.05) is 59.0 Å². The topological polar surface area (TPSA) is 79.4 Å². The Labute approximate surface area is 160 Å². The van der Waals surface area contributed by atoms with Gasteiger partial charge in [-0.2, -0.15) is 0 Å². The maximum absolute atomic E-state index is 12.6. The molecule has 0 saturated carbocycles. The first-order valence-electron chi connectivity index (χ1n) is 10.2. The number of hydrogen-bond acceptors (Lipinski definition) is 6. The molecule has 0 spiro atoms. The lowest BCUT2D eigenvalue weighted by atomic mass is 9.97. The highest BCUT2D eigenvalue weighted by molar-refractivity contribution is 5.81. The van der Waals surface area contributed by atoms with Crippen LogP contribution in [0.5, 0.6) is 0 Å². The molecule has 1 unspecified atom stereocenters. The van der Waals surface area contributed by atoms with Crippen LogP contribution >= 0.6 is 0 Å². The van der Waals surface area contributed by atoms with E-state index in [1.54, 1.807) is 0 Å². The Bertz CT molecular complexity index is 533. The van der Waals surface area contributed by atoms with E-state index >= 15 is 0 Å². The lowest BCUT2D eigenvalue weighted by molar-refractivity contribution is -0.151. The van der Waals surface area contributed by atoms with Crippen molar-refractivity contribution < 1.29 is 23.9 Å². The van der Waals surface area contributed by atoms with Crippen molar-refractivity contribution in [1.82, 2.24) is 14.7 Å². The number of piperidine rings is 1. The third-order valence-electron chi connectivity index (χ3n) is 5.72. The highest BCUT2D eigenvalue weighted by Crippen LogP contribution is 2.19. The summed E-state index contributed by atoms with van der Waals surface area (Å²) >= 11 is 0. The fourth-order valence-corrected chi connectivity index (χ4v) is 4.02. The van der Waals surface area contributed by atoms with Crippen molar-refractivity contribution >= 4 is 17.8 Å². The predicted octanol–water partition coefficient (Wildman–Crippen LogP) is 0.111. The first-order valence-corrected chi connectivity index (χ1v) is 10.2. The molecule has 3 aliphatic rings. The van der Waals surface area contributed by atoms with Crippen molar-refractivity contribution in [3.63, 3.8) is 0 Å². The summed E-state index contributed by atoms with van der Waals surface area (Å²) in [5.41, 5.74) is 0. The van der Waals surface area contributed by atoms with Gasteiger partial charge in [0, 0.05) is 45.9 Å². The average molecular weight is 381 g/mol. The summed E-state index contributed by atoms with van der Waals surface area (Å²) in [6.07, 6.45) is 2.86. The summed E-state index contributed by atoms with van der Waals surface area (Å²) in [6.45, 7) is 7.22. The molecule has 1 atom stereocenters. The fourth-order valence-electron chi connectivity index (χ4n) is 4.02. The van der Waals surface area contributed by atoms with Crippen molar-refractivity contribution in [3.05, 3.63) is 0 Å². The molecule has 0 radical (unpaired) electrons. The molecule has 3 fully saturated rings. The molecule has 3 aliphatic heterocycles. The van der Waals surface area contributed by atoms with E-state index < -0.39 is 0 Å². The molecule has 0 aromatic carbocycles. The quantitative estimate of drug-likeness (QED) is 0.629. The average Bonchev–Trinajstić information content (AvgIpc) is 3.23. The van der Waals surface area contributed by atoms with Crippen molar-refractivity contribution in [1.29, 1.82) is 0 Å². The summed E-state index contributed by atoms with van der Waals surface area (Å²) < 4.78 is 10.6. The number of nitrogens with zero attached hydrogens (tertiary/aromatic N) is 3. The van der Waals surface area contributed by atoms with E-state index in [2.05, 4.69) is 4.90 Å². The summed E-state index contributed by atoms with van der Waals surface area (Å²) in [5.74, 6) is -0.0197. The van der Waals surface area contributed by atoms with E-state index in [-0.39, 0.29) is 29.8 Å². The monoisotopic (exact) mass is 381 g/mol. The molecule has 3 saturated heterocycles. The van der Waals surface area contributed by atoms with Crippen LogP contribution in [0.25, 0.3) is 0 Å². The molecular formula is C19H31N3O5. The second kappa shape index (κ2) is 9.50. The van der Waals surface area contributed by atoms with Crippen LogP contribution in [0.4, 0.5) is 0 Å². The van der Waals surface area contributed by atoms with Gasteiger partial charge in [0.2, 0.25) is 5.91 Å². The zero-order valence-corrected chi connectivity index (χ0v) is 16.2. The molecule has 0 aromatic rings. The Morgan fingerprint density at radius 1 is 0.963 bits per heavy atom. The number of rotatable bonds is 5. The van der Waals surface area contributed by atoms with Crippen LogP contribution in [0, 0.1) is 5.92 Å². The molecule has 27 heavy (non-hydrogen) atoms. The molecule has 3 heterocycles. The molecule has 0 aromatic heterocycles. The highest BCUT2D eigenvalue weighted by Gasteiger charge is 2.32. The Morgan fingerprint density at radius 3 is 2.26 bits per heavy atom. The van der Waals surface area contributed by atoms with Crippen LogP contribution in [-0.4, -0.2) is 97.6 Å². The Morgan fingerprint density at radius 2 is 1.67 bits per heavy atom. The maximum Gasteiger partial charge on any atom is 0.309 e. The van der Waals surface area contributed by atoms with Crippen molar-refractivity contribution in [2.24, 2.45) is 5.92 Å². The lowest BCUT2D eigenvalue weighted by Crippen LogP contribution is -2.54. The molecule has 3 rings (SSSR count). The highest BCUT2D eigenvalue weighted by atomic mass is 16.5. The van der Waals surface area contributed by atoms with Crippen LogP contribution in [0.1, 0.15) is 32.6 Å². The van der Waals surface area contributed by atoms with E-state index in [1.165, 1.54) is 0 Å². The number of piperazine rings is 1. The van der Waals surface area contributed by atoms with E-state index in [9.17, 15) is 14.4 Å². The largest absolute Gasteiger partial charge is 0.466 e. The Kier molecular flexibility index (Phi) is 7.07. The molecule has 152 valence electrons. The molecule has 0 bridgehead atoms. The normalized spacial score (nSPS) is 24.9. The minimum Gasteiger partial charge on any atom is -0.466 e. The van der Waals surface area contributed by atoms with Crippen molar-refractivity contribution in [3.8, 4) is 0 Å². The Balaban J connectivity index is 1.37. The van der Waals surface area contributed by atoms with Crippen LogP contribution in [0.15, 0.2) is 0 Å². The molecule has 0 aliphatic carbocycles. The SMILES string of the molecule is CCOC(=O)C1CCN(C(=O)CN2CCN(C(=O)C3CCCO3)CC2)CC1. The predicted molar refractivity (Wildman–Crippen MR) is 97.9 cm³/mol. The van der Waals surface area contributed by atoms with Gasteiger partial charge in [0.25, 0.3) is 5.91 Å². The van der Waals surface area contributed by atoms with Gasteiger partial charge in [-0.1, -0.05) is 0 Å². The summed E-state index contributed by atoms with van der Waals surface area (Å²) in [6, 6.07) is 0. The van der Waals surface area contributed by atoms with Gasteiger partial charge < -0.3 is 19.3 Å². The number of amides is 2.